The molecule has 0 fully saturated rings. The van der Waals surface area contributed by atoms with Crippen molar-refractivity contribution in [1.29, 1.82) is 0 Å². The number of pyridine rings is 1. The highest BCUT2D eigenvalue weighted by atomic mass is 32.2. The van der Waals surface area contributed by atoms with Crippen LogP contribution in [0, 0.1) is 0 Å². The molecule has 2 aromatic heterocycles. The largest absolute Gasteiger partial charge is 0.237 e. The molecule has 0 unspecified atom stereocenters. The number of rotatable bonds is 3. The van der Waals surface area contributed by atoms with E-state index in [1.165, 1.54) is 5.69 Å². The van der Waals surface area contributed by atoms with Crippen molar-refractivity contribution in [2.75, 3.05) is 6.26 Å². The summed E-state index contributed by atoms with van der Waals surface area (Å²) in [5.74, 6) is 0.884. The molecule has 0 aliphatic heterocycles. The van der Waals surface area contributed by atoms with Gasteiger partial charge in [-0.3, -0.25) is 0 Å². The molecule has 0 atom stereocenters. The topological polar surface area (TPSA) is 30.7 Å². The predicted molar refractivity (Wildman–Crippen MR) is 62.5 cm³/mol. The van der Waals surface area contributed by atoms with Gasteiger partial charge in [-0.15, -0.1) is 11.8 Å². The monoisotopic (exact) mass is 219 g/mol. The lowest BCUT2D eigenvalue weighted by atomic mass is 10.3. The Hall–Kier alpha value is -1.29. The summed E-state index contributed by atoms with van der Waals surface area (Å²) in [4.78, 5) is 4.30. The molecule has 0 aliphatic carbocycles. The van der Waals surface area contributed by atoms with Gasteiger partial charge in [-0.25, -0.2) is 9.67 Å². The summed E-state index contributed by atoms with van der Waals surface area (Å²) in [5, 5.41) is 5.53. The fourth-order valence-electron chi connectivity index (χ4n) is 1.42. The molecule has 0 saturated carbocycles. The maximum atomic E-state index is 4.49. The van der Waals surface area contributed by atoms with Crippen molar-refractivity contribution in [2.45, 2.75) is 18.4 Å². The summed E-state index contributed by atoms with van der Waals surface area (Å²) in [7, 11) is 0. The van der Waals surface area contributed by atoms with Crippen molar-refractivity contribution >= 4 is 11.8 Å². The maximum absolute atomic E-state index is 4.49. The molecule has 2 aromatic rings. The molecular formula is C11H13N3S. The second kappa shape index (κ2) is 4.49. The van der Waals surface area contributed by atoms with Crippen LogP contribution in [0.4, 0.5) is 0 Å². The normalized spacial score (nSPS) is 10.5. The van der Waals surface area contributed by atoms with Gasteiger partial charge in [0.25, 0.3) is 0 Å². The minimum absolute atomic E-state index is 0.884. The molecule has 2 rings (SSSR count). The SMILES string of the molecule is CCc1cc(SC)nn1-c1ccccn1. The van der Waals surface area contributed by atoms with E-state index in [1.807, 2.05) is 29.1 Å². The smallest absolute Gasteiger partial charge is 0.153 e. The Bertz CT molecular complexity index is 436. The summed E-state index contributed by atoms with van der Waals surface area (Å²) < 4.78 is 1.91. The Labute approximate surface area is 93.5 Å². The van der Waals surface area contributed by atoms with Crippen LogP contribution >= 0.6 is 11.8 Å². The third-order valence-corrected chi connectivity index (χ3v) is 2.82. The van der Waals surface area contributed by atoms with Crippen LogP contribution in [0.5, 0.6) is 0 Å². The van der Waals surface area contributed by atoms with Crippen LogP contribution in [0.1, 0.15) is 12.6 Å². The summed E-state index contributed by atoms with van der Waals surface area (Å²) in [5.41, 5.74) is 1.19. The Morgan fingerprint density at radius 2 is 2.27 bits per heavy atom. The van der Waals surface area contributed by atoms with Gasteiger partial charge in [0, 0.05) is 11.9 Å². The van der Waals surface area contributed by atoms with Crippen molar-refractivity contribution in [1.82, 2.24) is 14.8 Å². The van der Waals surface area contributed by atoms with E-state index in [0.29, 0.717) is 0 Å². The van der Waals surface area contributed by atoms with Gasteiger partial charge < -0.3 is 0 Å². The van der Waals surface area contributed by atoms with Crippen LogP contribution in [0.2, 0.25) is 0 Å². The van der Waals surface area contributed by atoms with Crippen LogP contribution in [-0.4, -0.2) is 21.0 Å². The zero-order valence-corrected chi connectivity index (χ0v) is 9.66. The fourth-order valence-corrected chi connectivity index (χ4v) is 1.84. The van der Waals surface area contributed by atoms with Crippen molar-refractivity contribution < 1.29 is 0 Å². The number of aromatic nitrogens is 3. The van der Waals surface area contributed by atoms with Crippen LogP contribution < -0.4 is 0 Å². The van der Waals surface area contributed by atoms with Crippen molar-refractivity contribution in [3.8, 4) is 5.82 Å². The first-order chi connectivity index (χ1) is 7.35. The summed E-state index contributed by atoms with van der Waals surface area (Å²) in [6, 6.07) is 7.96. The molecule has 0 saturated heterocycles. The van der Waals surface area contributed by atoms with Gasteiger partial charge in [0.2, 0.25) is 0 Å². The average molecular weight is 219 g/mol. The van der Waals surface area contributed by atoms with Gasteiger partial charge in [0.15, 0.2) is 5.82 Å². The van der Waals surface area contributed by atoms with E-state index in [-0.39, 0.29) is 0 Å². The first kappa shape index (κ1) is 10.2. The van der Waals surface area contributed by atoms with Gasteiger partial charge in [0.1, 0.15) is 5.03 Å². The van der Waals surface area contributed by atoms with Gasteiger partial charge in [0.05, 0.1) is 0 Å². The molecule has 0 amide bonds. The van der Waals surface area contributed by atoms with Crippen molar-refractivity contribution in [3.63, 3.8) is 0 Å². The van der Waals surface area contributed by atoms with Gasteiger partial charge >= 0.3 is 0 Å². The number of aryl methyl sites for hydroxylation is 1. The van der Waals surface area contributed by atoms with Gasteiger partial charge in [-0.05, 0) is 30.9 Å². The van der Waals surface area contributed by atoms with Crippen molar-refractivity contribution in [2.24, 2.45) is 0 Å². The molecule has 15 heavy (non-hydrogen) atoms. The number of thioether (sulfide) groups is 1. The van der Waals surface area contributed by atoms with Crippen molar-refractivity contribution in [3.05, 3.63) is 36.2 Å². The standard InChI is InChI=1S/C11H13N3S/c1-3-9-8-11(15-2)13-14(9)10-6-4-5-7-12-10/h4-8H,3H2,1-2H3. The lowest BCUT2D eigenvalue weighted by molar-refractivity contribution is 0.767. The Balaban J connectivity index is 2.47. The Morgan fingerprint density at radius 3 is 2.87 bits per heavy atom. The van der Waals surface area contributed by atoms with E-state index in [9.17, 15) is 0 Å². The first-order valence-electron chi connectivity index (χ1n) is 4.89. The zero-order valence-electron chi connectivity index (χ0n) is 8.84. The molecule has 0 aromatic carbocycles. The second-order valence-electron chi connectivity index (χ2n) is 3.13. The van der Waals surface area contributed by atoms with E-state index < -0.39 is 0 Å². The maximum Gasteiger partial charge on any atom is 0.153 e. The highest BCUT2D eigenvalue weighted by Crippen LogP contribution is 2.17. The first-order valence-corrected chi connectivity index (χ1v) is 6.12. The minimum atomic E-state index is 0.884. The molecule has 2 heterocycles. The lowest BCUT2D eigenvalue weighted by Gasteiger charge is -2.03. The quantitative estimate of drug-likeness (QED) is 0.743. The molecular weight excluding hydrogens is 206 g/mol. The van der Waals surface area contributed by atoms with E-state index in [2.05, 4.69) is 23.1 Å². The number of hydrogen-bond acceptors (Lipinski definition) is 3. The number of hydrogen-bond donors (Lipinski definition) is 0. The highest BCUT2D eigenvalue weighted by molar-refractivity contribution is 7.98. The summed E-state index contributed by atoms with van der Waals surface area (Å²) in [6.07, 6.45) is 4.78. The third-order valence-electron chi connectivity index (χ3n) is 2.20. The summed E-state index contributed by atoms with van der Waals surface area (Å²) >= 11 is 1.65. The Morgan fingerprint density at radius 1 is 1.40 bits per heavy atom. The van der Waals surface area contributed by atoms with Crippen LogP contribution in [0.25, 0.3) is 5.82 Å². The van der Waals surface area contributed by atoms with E-state index in [0.717, 1.165) is 17.3 Å². The molecule has 0 N–H and O–H groups in total. The minimum Gasteiger partial charge on any atom is -0.237 e. The molecule has 3 nitrogen and oxygen atoms in total. The molecule has 78 valence electrons. The average Bonchev–Trinajstić information content (AvgIpc) is 2.73. The second-order valence-corrected chi connectivity index (χ2v) is 3.96. The van der Waals surface area contributed by atoms with Gasteiger partial charge in [-0.2, -0.15) is 5.10 Å². The highest BCUT2D eigenvalue weighted by Gasteiger charge is 2.07. The molecule has 0 spiro atoms. The van der Waals surface area contributed by atoms with E-state index in [1.54, 1.807) is 18.0 Å². The molecule has 0 aliphatic rings. The van der Waals surface area contributed by atoms with Crippen LogP contribution in [0.15, 0.2) is 35.5 Å². The molecule has 4 heteroatoms. The third kappa shape index (κ3) is 2.04. The lowest BCUT2D eigenvalue weighted by Crippen LogP contribution is -2.02. The van der Waals surface area contributed by atoms with E-state index >= 15 is 0 Å². The zero-order chi connectivity index (χ0) is 10.7. The van der Waals surface area contributed by atoms with Crippen LogP contribution in [0.3, 0.4) is 0 Å². The molecule has 0 radical (unpaired) electrons. The Kier molecular flexibility index (Phi) is 3.06. The summed E-state index contributed by atoms with van der Waals surface area (Å²) in [6.45, 7) is 2.13. The van der Waals surface area contributed by atoms with Gasteiger partial charge in [-0.1, -0.05) is 13.0 Å². The van der Waals surface area contributed by atoms with E-state index in [4.69, 9.17) is 0 Å². The molecule has 0 bridgehead atoms. The number of nitrogens with zero attached hydrogens (tertiary/aromatic N) is 3. The van der Waals surface area contributed by atoms with Crippen LogP contribution in [-0.2, 0) is 6.42 Å². The predicted octanol–water partition coefficient (Wildman–Crippen LogP) is 2.55. The fraction of sp³-hybridized carbons (Fsp3) is 0.273.